The van der Waals surface area contributed by atoms with Gasteiger partial charge < -0.3 is 14.3 Å². The van der Waals surface area contributed by atoms with Crippen molar-refractivity contribution in [1.82, 2.24) is 14.8 Å². The van der Waals surface area contributed by atoms with Crippen LogP contribution in [0.1, 0.15) is 0 Å². The highest BCUT2D eigenvalue weighted by Gasteiger charge is 2.16. The number of furan rings is 1. The Morgan fingerprint density at radius 1 is 1.21 bits per heavy atom. The topological polar surface area (TPSA) is 73.0 Å². The smallest absolute Gasteiger partial charge is 0.234 e. The molecule has 4 rings (SSSR count). The van der Waals surface area contributed by atoms with Crippen molar-refractivity contribution in [3.8, 4) is 11.6 Å². The maximum absolute atomic E-state index is 12.2. The van der Waals surface area contributed by atoms with Gasteiger partial charge in [-0.3, -0.25) is 4.79 Å². The van der Waals surface area contributed by atoms with Crippen molar-refractivity contribution >= 4 is 68.5 Å². The maximum atomic E-state index is 12.2. The number of anilines is 1. The van der Waals surface area contributed by atoms with Crippen LogP contribution in [0.2, 0.25) is 5.02 Å². The first-order valence-electron chi connectivity index (χ1n) is 8.27. The van der Waals surface area contributed by atoms with Crippen molar-refractivity contribution in [3.63, 3.8) is 0 Å². The lowest BCUT2D eigenvalue weighted by atomic mass is 10.2. The Labute approximate surface area is 183 Å². The Hall–Kier alpha value is -2.04. The van der Waals surface area contributed by atoms with Gasteiger partial charge in [-0.2, -0.15) is 0 Å². The highest BCUT2D eigenvalue weighted by molar-refractivity contribution is 14.1. The minimum absolute atomic E-state index is 0.103. The van der Waals surface area contributed by atoms with Crippen LogP contribution in [-0.2, 0) is 11.8 Å². The minimum Gasteiger partial charge on any atom is -0.453 e. The number of rotatable bonds is 5. The first kappa shape index (κ1) is 19.3. The van der Waals surface area contributed by atoms with E-state index in [9.17, 15) is 4.79 Å². The van der Waals surface area contributed by atoms with Crippen LogP contribution in [0, 0.1) is 3.57 Å². The molecule has 142 valence electrons. The molecule has 0 spiro atoms. The normalized spacial score (nSPS) is 11.1. The number of nitrogens with zero attached hydrogens (tertiary/aromatic N) is 3. The molecule has 0 aliphatic rings. The van der Waals surface area contributed by atoms with E-state index in [1.54, 1.807) is 6.07 Å². The Morgan fingerprint density at radius 2 is 2.00 bits per heavy atom. The summed E-state index contributed by atoms with van der Waals surface area (Å²) in [5, 5.41) is 13.4. The molecule has 2 aromatic heterocycles. The molecule has 2 aromatic carbocycles. The van der Waals surface area contributed by atoms with Gasteiger partial charge in [0.2, 0.25) is 5.91 Å². The van der Waals surface area contributed by atoms with Gasteiger partial charge in [0.25, 0.3) is 0 Å². The molecule has 0 saturated heterocycles. The van der Waals surface area contributed by atoms with Crippen molar-refractivity contribution in [2.75, 3.05) is 11.1 Å². The Balaban J connectivity index is 1.45. The van der Waals surface area contributed by atoms with E-state index in [2.05, 4.69) is 38.1 Å². The van der Waals surface area contributed by atoms with E-state index in [1.165, 1.54) is 11.8 Å². The summed E-state index contributed by atoms with van der Waals surface area (Å²) in [5.74, 6) is 1.32. The summed E-state index contributed by atoms with van der Waals surface area (Å²) >= 11 is 9.57. The van der Waals surface area contributed by atoms with E-state index in [0.717, 1.165) is 20.2 Å². The second kappa shape index (κ2) is 8.14. The standard InChI is InChI=1S/C19H14ClIN4O2S/c1-25-18(16-9-11-8-12(20)2-7-15(11)27-16)23-24-19(25)28-10-17(26)22-14-5-3-13(21)4-6-14/h2-9H,10H2,1H3,(H,22,26). The molecule has 1 amide bonds. The minimum atomic E-state index is -0.103. The van der Waals surface area contributed by atoms with Crippen LogP contribution in [0.5, 0.6) is 0 Å². The largest absolute Gasteiger partial charge is 0.453 e. The van der Waals surface area contributed by atoms with Crippen LogP contribution in [0.4, 0.5) is 5.69 Å². The van der Waals surface area contributed by atoms with E-state index in [1.807, 2.05) is 54.1 Å². The third-order valence-corrected chi connectivity index (χ3v) is 5.97. The lowest BCUT2D eigenvalue weighted by Gasteiger charge is -2.05. The Morgan fingerprint density at radius 3 is 2.79 bits per heavy atom. The Bertz CT molecular complexity index is 1160. The van der Waals surface area contributed by atoms with Crippen molar-refractivity contribution in [2.24, 2.45) is 7.05 Å². The fourth-order valence-corrected chi connectivity index (χ4v) is 3.89. The molecule has 1 N–H and O–H groups in total. The third-order valence-electron chi connectivity index (χ3n) is 3.99. The van der Waals surface area contributed by atoms with E-state index >= 15 is 0 Å². The summed E-state index contributed by atoms with van der Waals surface area (Å²) in [7, 11) is 1.84. The number of carbonyl (C=O) groups excluding carboxylic acids is 1. The number of hydrogen-bond donors (Lipinski definition) is 1. The van der Waals surface area contributed by atoms with Crippen molar-refractivity contribution in [2.45, 2.75) is 5.16 Å². The lowest BCUT2D eigenvalue weighted by Crippen LogP contribution is -2.14. The number of aromatic nitrogens is 3. The average molecular weight is 525 g/mol. The van der Waals surface area contributed by atoms with E-state index in [4.69, 9.17) is 16.0 Å². The van der Waals surface area contributed by atoms with Gasteiger partial charge in [0.05, 0.1) is 5.75 Å². The molecule has 0 radical (unpaired) electrons. The van der Waals surface area contributed by atoms with Gasteiger partial charge in [-0.15, -0.1) is 10.2 Å². The third kappa shape index (κ3) is 4.18. The number of carbonyl (C=O) groups is 1. The van der Waals surface area contributed by atoms with Gasteiger partial charge >= 0.3 is 0 Å². The highest BCUT2D eigenvalue weighted by Crippen LogP contribution is 2.30. The number of hydrogen-bond acceptors (Lipinski definition) is 5. The second-order valence-electron chi connectivity index (χ2n) is 6.00. The quantitative estimate of drug-likeness (QED) is 0.286. The molecule has 0 aliphatic heterocycles. The van der Waals surface area contributed by atoms with Gasteiger partial charge in [0, 0.05) is 26.7 Å². The van der Waals surface area contributed by atoms with Crippen LogP contribution in [0.25, 0.3) is 22.6 Å². The molecular weight excluding hydrogens is 511 g/mol. The molecule has 2 heterocycles. The summed E-state index contributed by atoms with van der Waals surface area (Å²) < 4.78 is 8.77. The number of amides is 1. The summed E-state index contributed by atoms with van der Waals surface area (Å²) in [6.07, 6.45) is 0. The zero-order valence-electron chi connectivity index (χ0n) is 14.6. The summed E-state index contributed by atoms with van der Waals surface area (Å²) in [4.78, 5) is 12.2. The molecule has 0 aliphatic carbocycles. The molecular formula is C19H14ClIN4O2S. The monoisotopic (exact) mass is 524 g/mol. The van der Waals surface area contributed by atoms with Crippen molar-refractivity contribution in [3.05, 3.63) is 57.1 Å². The average Bonchev–Trinajstić information content (AvgIpc) is 3.24. The maximum Gasteiger partial charge on any atom is 0.234 e. The van der Waals surface area contributed by atoms with Gasteiger partial charge in [-0.1, -0.05) is 23.4 Å². The first-order valence-corrected chi connectivity index (χ1v) is 10.7. The van der Waals surface area contributed by atoms with Gasteiger partial charge in [-0.05, 0) is 71.1 Å². The predicted octanol–water partition coefficient (Wildman–Crippen LogP) is 5.22. The number of fused-ring (bicyclic) bond motifs is 1. The molecule has 0 unspecified atom stereocenters. The molecule has 4 aromatic rings. The van der Waals surface area contributed by atoms with E-state index in [-0.39, 0.29) is 11.7 Å². The number of benzene rings is 2. The SMILES string of the molecule is Cn1c(SCC(=O)Nc2ccc(I)cc2)nnc1-c1cc2cc(Cl)ccc2o1. The van der Waals surface area contributed by atoms with Crippen LogP contribution < -0.4 is 5.32 Å². The molecule has 0 bridgehead atoms. The predicted molar refractivity (Wildman–Crippen MR) is 120 cm³/mol. The van der Waals surface area contributed by atoms with Gasteiger partial charge in [0.1, 0.15) is 5.58 Å². The fourth-order valence-electron chi connectivity index (χ4n) is 2.64. The molecule has 9 heteroatoms. The summed E-state index contributed by atoms with van der Waals surface area (Å²) in [5.41, 5.74) is 1.50. The molecule has 6 nitrogen and oxygen atoms in total. The van der Waals surface area contributed by atoms with Gasteiger partial charge in [-0.25, -0.2) is 0 Å². The van der Waals surface area contributed by atoms with Crippen LogP contribution in [0.15, 0.2) is 58.1 Å². The van der Waals surface area contributed by atoms with Crippen LogP contribution >= 0.6 is 46.0 Å². The summed E-state index contributed by atoms with van der Waals surface area (Å²) in [6, 6.07) is 15.0. The van der Waals surface area contributed by atoms with Crippen molar-refractivity contribution in [1.29, 1.82) is 0 Å². The molecule has 0 atom stereocenters. The number of halogens is 2. The zero-order valence-corrected chi connectivity index (χ0v) is 18.4. The van der Waals surface area contributed by atoms with Gasteiger partial charge in [0.15, 0.2) is 16.7 Å². The molecule has 28 heavy (non-hydrogen) atoms. The Kier molecular flexibility index (Phi) is 5.61. The van der Waals surface area contributed by atoms with E-state index in [0.29, 0.717) is 21.8 Å². The lowest BCUT2D eigenvalue weighted by molar-refractivity contribution is -0.113. The fraction of sp³-hybridized carbons (Fsp3) is 0.105. The van der Waals surface area contributed by atoms with Crippen molar-refractivity contribution < 1.29 is 9.21 Å². The summed E-state index contributed by atoms with van der Waals surface area (Å²) in [6.45, 7) is 0. The zero-order chi connectivity index (χ0) is 19.7. The molecule has 0 saturated carbocycles. The number of nitrogens with one attached hydrogen (secondary N) is 1. The van der Waals surface area contributed by atoms with E-state index < -0.39 is 0 Å². The first-order chi connectivity index (χ1) is 13.5. The highest BCUT2D eigenvalue weighted by atomic mass is 127. The molecule has 0 fully saturated rings. The number of thioether (sulfide) groups is 1. The second-order valence-corrected chi connectivity index (χ2v) is 8.63. The van der Waals surface area contributed by atoms with Crippen LogP contribution in [0.3, 0.4) is 0 Å². The van der Waals surface area contributed by atoms with Crippen LogP contribution in [-0.4, -0.2) is 26.4 Å².